The van der Waals surface area contributed by atoms with E-state index in [-0.39, 0.29) is 28.8 Å². The lowest BCUT2D eigenvalue weighted by atomic mass is 10.1. The molecule has 0 radical (unpaired) electrons. The van der Waals surface area contributed by atoms with Gasteiger partial charge in [-0.15, -0.1) is 0 Å². The largest absolute Gasteiger partial charge is 0.352 e. The number of carbonyl (C=O) groups excluding carboxylic acids is 2. The maximum Gasteiger partial charge on any atom is 0.259 e. The lowest BCUT2D eigenvalue weighted by Crippen LogP contribution is -2.56. The van der Waals surface area contributed by atoms with Crippen molar-refractivity contribution in [3.63, 3.8) is 0 Å². The Labute approximate surface area is 195 Å². The van der Waals surface area contributed by atoms with Crippen LogP contribution in [0.25, 0.3) is 0 Å². The van der Waals surface area contributed by atoms with Gasteiger partial charge in [-0.1, -0.05) is 6.07 Å². The van der Waals surface area contributed by atoms with E-state index in [1.807, 2.05) is 11.8 Å². The van der Waals surface area contributed by atoms with Crippen molar-refractivity contribution in [2.24, 2.45) is 5.10 Å². The van der Waals surface area contributed by atoms with Gasteiger partial charge >= 0.3 is 0 Å². The highest BCUT2D eigenvalue weighted by atomic mass is 19.1. The summed E-state index contributed by atoms with van der Waals surface area (Å²) >= 11 is 0. The van der Waals surface area contributed by atoms with Gasteiger partial charge < -0.3 is 20.9 Å². The maximum absolute atomic E-state index is 14.7. The number of anilines is 2. The van der Waals surface area contributed by atoms with Gasteiger partial charge in [-0.3, -0.25) is 19.9 Å². The zero-order valence-corrected chi connectivity index (χ0v) is 18.5. The molecule has 4 N–H and O–H groups in total. The van der Waals surface area contributed by atoms with Gasteiger partial charge in [0.1, 0.15) is 17.2 Å². The summed E-state index contributed by atoms with van der Waals surface area (Å²) in [7, 11) is 0. The zero-order chi connectivity index (χ0) is 24.2. The number of nitrogens with zero attached hydrogens (tertiary/aromatic N) is 3. The summed E-state index contributed by atoms with van der Waals surface area (Å²) in [6.07, 6.45) is 2.23. The third-order valence-electron chi connectivity index (χ3n) is 5.97. The molecule has 34 heavy (non-hydrogen) atoms. The highest BCUT2D eigenvalue weighted by molar-refractivity contribution is 6.14. The second-order valence-electron chi connectivity index (χ2n) is 8.10. The van der Waals surface area contributed by atoms with E-state index in [0.29, 0.717) is 31.7 Å². The Morgan fingerprint density at radius 1 is 1.21 bits per heavy atom. The van der Waals surface area contributed by atoms with Crippen molar-refractivity contribution in [1.29, 1.82) is 5.41 Å². The van der Waals surface area contributed by atoms with Crippen LogP contribution in [0, 0.1) is 17.0 Å². The van der Waals surface area contributed by atoms with Crippen molar-refractivity contribution in [3.8, 4) is 0 Å². The van der Waals surface area contributed by atoms with E-state index < -0.39 is 23.8 Å². The van der Waals surface area contributed by atoms with Gasteiger partial charge in [0.25, 0.3) is 11.8 Å². The minimum absolute atomic E-state index is 0.120. The molecule has 1 saturated heterocycles. The summed E-state index contributed by atoms with van der Waals surface area (Å²) in [6.45, 7) is 3.20. The number of rotatable bonds is 5. The molecule has 2 aromatic rings. The van der Waals surface area contributed by atoms with Gasteiger partial charge in [0.2, 0.25) is 0 Å². The molecule has 178 valence electrons. The predicted molar refractivity (Wildman–Crippen MR) is 125 cm³/mol. The fraction of sp³-hybridized carbons (Fsp3) is 0.304. The molecule has 11 heteroatoms. The van der Waals surface area contributed by atoms with E-state index in [2.05, 4.69) is 21.2 Å². The van der Waals surface area contributed by atoms with E-state index in [9.17, 15) is 18.4 Å². The molecule has 9 nitrogen and oxygen atoms in total. The average molecular weight is 469 g/mol. The Bertz CT molecular complexity index is 1140. The fourth-order valence-electron chi connectivity index (χ4n) is 4.16. The minimum Gasteiger partial charge on any atom is -0.352 e. The minimum atomic E-state index is -0.668. The topological polar surface area (TPSA) is 113 Å². The number of hydrogen-bond acceptors (Lipinski definition) is 7. The lowest BCUT2D eigenvalue weighted by Gasteiger charge is -2.36. The Balaban J connectivity index is 1.51. The molecule has 2 aliphatic heterocycles. The number of fused-ring (bicyclic) bond motifs is 1. The van der Waals surface area contributed by atoms with Crippen LogP contribution in [0.1, 0.15) is 34.1 Å². The third kappa shape index (κ3) is 4.74. The van der Waals surface area contributed by atoms with Crippen LogP contribution in [-0.2, 0) is 0 Å². The summed E-state index contributed by atoms with van der Waals surface area (Å²) in [5, 5.41) is 16.9. The molecule has 0 bridgehead atoms. The van der Waals surface area contributed by atoms with Crippen molar-refractivity contribution in [2.45, 2.75) is 25.7 Å². The van der Waals surface area contributed by atoms with Gasteiger partial charge in [-0.05, 0) is 43.7 Å². The zero-order valence-electron chi connectivity index (χ0n) is 18.5. The Morgan fingerprint density at radius 2 is 2.03 bits per heavy atom. The van der Waals surface area contributed by atoms with Gasteiger partial charge in [-0.2, -0.15) is 5.10 Å². The molecule has 4 rings (SSSR count). The molecule has 2 unspecified atom stereocenters. The van der Waals surface area contributed by atoms with E-state index in [1.165, 1.54) is 36.5 Å². The molecular weight excluding hydrogens is 444 g/mol. The van der Waals surface area contributed by atoms with Crippen molar-refractivity contribution < 1.29 is 18.4 Å². The predicted octanol–water partition coefficient (Wildman–Crippen LogP) is 2.69. The standard InChI is InChI=1S/C23H25F2N7O2/c1-14-7-10-31(23-28-18-6-5-15(24)13-16(18)21(33)29-23)11-12-32(14)22(34)20-17(25)3-2-4-19(20)30-27-9-8-26/h2-6,8-9,13-14,23,26,28,30H,7,10-12H2,1H3,(H,29,33)/b26-8?,27-9-. The van der Waals surface area contributed by atoms with Gasteiger partial charge in [-0.25, -0.2) is 8.78 Å². The quantitative estimate of drug-likeness (QED) is 0.397. The second kappa shape index (κ2) is 9.96. The molecule has 1 fully saturated rings. The number of benzene rings is 2. The maximum atomic E-state index is 14.7. The molecule has 0 aromatic heterocycles. The Kier molecular flexibility index (Phi) is 6.82. The molecule has 2 aromatic carbocycles. The third-order valence-corrected chi connectivity index (χ3v) is 5.97. The normalized spacial score (nSPS) is 20.8. The summed E-state index contributed by atoms with van der Waals surface area (Å²) in [4.78, 5) is 29.5. The average Bonchev–Trinajstić information content (AvgIpc) is 3.01. The monoisotopic (exact) mass is 469 g/mol. The number of halogens is 2. The van der Waals surface area contributed by atoms with Crippen molar-refractivity contribution in [2.75, 3.05) is 30.4 Å². The first-order valence-electron chi connectivity index (χ1n) is 10.9. The first-order chi connectivity index (χ1) is 16.4. The molecule has 2 amide bonds. The molecule has 0 spiro atoms. The SMILES string of the molecule is CC1CCN(C2NC(=O)c3cc(F)ccc3N2)CCN1C(=O)c1c(F)cccc1N/N=C\C=N. The van der Waals surface area contributed by atoms with Gasteiger partial charge in [0.15, 0.2) is 6.29 Å². The van der Waals surface area contributed by atoms with Crippen molar-refractivity contribution in [1.82, 2.24) is 15.1 Å². The van der Waals surface area contributed by atoms with Crippen molar-refractivity contribution in [3.05, 3.63) is 59.2 Å². The van der Waals surface area contributed by atoms with Crippen LogP contribution in [0.4, 0.5) is 20.2 Å². The fourth-order valence-corrected chi connectivity index (χ4v) is 4.16. The smallest absolute Gasteiger partial charge is 0.259 e. The van der Waals surface area contributed by atoms with Crippen LogP contribution in [-0.4, -0.2) is 66.0 Å². The van der Waals surface area contributed by atoms with E-state index in [4.69, 9.17) is 5.41 Å². The van der Waals surface area contributed by atoms with Crippen LogP contribution >= 0.6 is 0 Å². The molecular formula is C23H25F2N7O2. The summed E-state index contributed by atoms with van der Waals surface area (Å²) in [5.74, 6) is -2.01. The highest BCUT2D eigenvalue weighted by Crippen LogP contribution is 2.26. The first kappa shape index (κ1) is 23.3. The molecule has 0 aliphatic carbocycles. The number of hydrazone groups is 1. The van der Waals surface area contributed by atoms with Crippen LogP contribution in [0.2, 0.25) is 0 Å². The van der Waals surface area contributed by atoms with Crippen LogP contribution in [0.5, 0.6) is 0 Å². The number of hydrogen-bond donors (Lipinski definition) is 4. The Morgan fingerprint density at radius 3 is 2.82 bits per heavy atom. The van der Waals surface area contributed by atoms with Gasteiger partial charge in [0.05, 0.1) is 17.5 Å². The number of carbonyl (C=O) groups is 2. The first-order valence-corrected chi connectivity index (χ1v) is 10.9. The summed E-state index contributed by atoms with van der Waals surface area (Å²) in [6, 6.07) is 8.06. The van der Waals surface area contributed by atoms with E-state index >= 15 is 0 Å². The summed E-state index contributed by atoms with van der Waals surface area (Å²) < 4.78 is 28.2. The highest BCUT2D eigenvalue weighted by Gasteiger charge is 2.33. The number of nitrogens with one attached hydrogen (secondary N) is 4. The lowest BCUT2D eigenvalue weighted by molar-refractivity contribution is 0.0689. The molecule has 0 saturated carbocycles. The van der Waals surface area contributed by atoms with Crippen LogP contribution in [0.15, 0.2) is 41.5 Å². The molecule has 2 heterocycles. The number of amides is 2. The molecule has 2 aliphatic rings. The Hall–Kier alpha value is -3.86. The van der Waals surface area contributed by atoms with Crippen LogP contribution < -0.4 is 16.1 Å². The summed E-state index contributed by atoms with van der Waals surface area (Å²) in [5.41, 5.74) is 3.48. The van der Waals surface area contributed by atoms with E-state index in [1.54, 1.807) is 11.0 Å². The van der Waals surface area contributed by atoms with E-state index in [0.717, 1.165) is 6.21 Å². The van der Waals surface area contributed by atoms with Gasteiger partial charge in [0, 0.05) is 37.6 Å². The van der Waals surface area contributed by atoms with Crippen LogP contribution in [0.3, 0.4) is 0 Å². The second-order valence-corrected chi connectivity index (χ2v) is 8.10. The van der Waals surface area contributed by atoms with Crippen molar-refractivity contribution >= 4 is 35.6 Å². The molecule has 2 atom stereocenters.